The number of rotatable bonds is 16. The zero-order valence-electron chi connectivity index (χ0n) is 15.9. The van der Waals surface area contributed by atoms with E-state index >= 15 is 0 Å². The number of hydrogen-bond acceptors (Lipinski definition) is 4. The van der Waals surface area contributed by atoms with E-state index in [1.54, 1.807) is 0 Å². The molecule has 0 radical (unpaired) electrons. The van der Waals surface area contributed by atoms with E-state index in [0.29, 0.717) is 6.42 Å². The number of allylic oxidation sites excluding steroid dienone is 1. The first-order valence-electron chi connectivity index (χ1n) is 9.46. The fourth-order valence-corrected chi connectivity index (χ4v) is 2.89. The van der Waals surface area contributed by atoms with Gasteiger partial charge in [-0.2, -0.15) is 0 Å². The number of aliphatic hydroxyl groups excluding tert-OH is 1. The zero-order chi connectivity index (χ0) is 19.0. The van der Waals surface area contributed by atoms with Crippen molar-refractivity contribution >= 4 is 13.8 Å². The Hall–Kier alpha value is 0.697. The number of unbranched alkanes of at least 4 members (excludes halogenated alkanes) is 8. The summed E-state index contributed by atoms with van der Waals surface area (Å²) in [5.41, 5.74) is 0. The summed E-state index contributed by atoms with van der Waals surface area (Å²) in [6.45, 7) is 2.18. The van der Waals surface area contributed by atoms with Crippen molar-refractivity contribution in [3.63, 3.8) is 0 Å². The number of aliphatic hydroxyl groups is 1. The Kier molecular flexibility index (Phi) is 21.2. The number of phosphoric ester groups is 1. The second-order valence-electron chi connectivity index (χ2n) is 6.47. The first-order chi connectivity index (χ1) is 11.8. The van der Waals surface area contributed by atoms with Crippen LogP contribution in [0.4, 0.5) is 0 Å². The van der Waals surface area contributed by atoms with Gasteiger partial charge in [-0.1, -0.05) is 64.0 Å². The van der Waals surface area contributed by atoms with Crippen molar-refractivity contribution < 1.29 is 70.5 Å². The Morgan fingerprint density at radius 3 is 2.27 bits per heavy atom. The molecule has 152 valence electrons. The van der Waals surface area contributed by atoms with E-state index < -0.39 is 13.8 Å². The van der Waals surface area contributed by atoms with Gasteiger partial charge in [0.2, 0.25) is 0 Å². The predicted molar refractivity (Wildman–Crippen MR) is 99.0 cm³/mol. The van der Waals surface area contributed by atoms with Gasteiger partial charge in [-0.25, -0.2) is 4.57 Å². The Bertz CT molecular complexity index is 410. The van der Waals surface area contributed by atoms with Gasteiger partial charge in [-0.3, -0.25) is 14.6 Å². The maximum Gasteiger partial charge on any atom is 0.526 e. The van der Waals surface area contributed by atoms with Crippen molar-refractivity contribution in [1.29, 1.82) is 0 Å². The molecule has 0 saturated heterocycles. The molecule has 8 heteroatoms. The van der Waals surface area contributed by atoms with Crippen LogP contribution in [0.2, 0.25) is 0 Å². The molecule has 0 rings (SSSR count). The number of carbonyl (C=O) groups excluding carboxylic acids is 1. The molecule has 0 aliphatic rings. The van der Waals surface area contributed by atoms with Crippen LogP contribution in [0.25, 0.3) is 0 Å². The van der Waals surface area contributed by atoms with Gasteiger partial charge < -0.3 is 9.63 Å². The van der Waals surface area contributed by atoms with Crippen molar-refractivity contribution in [2.24, 2.45) is 0 Å². The fraction of sp³-hybridized carbons (Fsp3) is 0.833. The Labute approximate surface area is 191 Å². The summed E-state index contributed by atoms with van der Waals surface area (Å²) in [5.74, 6) is -0.843. The van der Waals surface area contributed by atoms with Gasteiger partial charge in [0, 0.05) is 48.2 Å². The maximum atomic E-state index is 11.1. The summed E-state index contributed by atoms with van der Waals surface area (Å²) in [6.07, 6.45) is 15.9. The standard InChI is InChI=1S/C18H35O6P.Ce/c1-2-3-4-11-14-17(19)15-12-9-7-5-6-8-10-13-16-18(20)24-25(21,22)23;/h9,12,17,19H,2-8,10-11,13-16H2,1H3,(H2,21,22,23);/b12-9-;/t17-;/m1./s1. The summed E-state index contributed by atoms with van der Waals surface area (Å²) >= 11 is 0. The van der Waals surface area contributed by atoms with Crippen molar-refractivity contribution in [3.05, 3.63) is 12.2 Å². The van der Waals surface area contributed by atoms with Gasteiger partial charge in [0.25, 0.3) is 0 Å². The van der Waals surface area contributed by atoms with E-state index in [1.807, 2.05) is 0 Å². The Morgan fingerprint density at radius 2 is 1.62 bits per heavy atom. The summed E-state index contributed by atoms with van der Waals surface area (Å²) in [7, 11) is -4.69. The van der Waals surface area contributed by atoms with Gasteiger partial charge in [0.05, 0.1) is 6.10 Å². The Morgan fingerprint density at radius 1 is 1.00 bits per heavy atom. The number of carbonyl (C=O) groups is 1. The molecule has 0 unspecified atom stereocenters. The van der Waals surface area contributed by atoms with Crippen LogP contribution in [0.15, 0.2) is 12.2 Å². The molecule has 0 fully saturated rings. The average molecular weight is 519 g/mol. The van der Waals surface area contributed by atoms with E-state index in [1.165, 1.54) is 19.3 Å². The normalized spacial score (nSPS) is 12.8. The van der Waals surface area contributed by atoms with Crippen LogP contribution in [0.5, 0.6) is 0 Å². The fourth-order valence-electron chi connectivity index (χ4n) is 2.54. The van der Waals surface area contributed by atoms with Crippen LogP contribution in [-0.2, 0) is 13.9 Å². The van der Waals surface area contributed by atoms with Gasteiger partial charge in [-0.05, 0) is 32.1 Å². The minimum absolute atomic E-state index is 0. The summed E-state index contributed by atoms with van der Waals surface area (Å²) in [6, 6.07) is 0. The molecule has 3 N–H and O–H groups in total. The summed E-state index contributed by atoms with van der Waals surface area (Å²) in [5, 5.41) is 9.83. The first-order valence-corrected chi connectivity index (χ1v) is 11.0. The van der Waals surface area contributed by atoms with Crippen molar-refractivity contribution in [1.82, 2.24) is 0 Å². The number of hydrogen-bond donors (Lipinski definition) is 3. The molecular formula is C18H35CeO6P. The van der Waals surface area contributed by atoms with E-state index in [2.05, 4.69) is 23.6 Å². The third-order valence-electron chi connectivity index (χ3n) is 3.94. The van der Waals surface area contributed by atoms with Crippen LogP contribution in [-0.4, -0.2) is 27.0 Å². The third kappa shape index (κ3) is 22.7. The monoisotopic (exact) mass is 518 g/mol. The van der Waals surface area contributed by atoms with Crippen molar-refractivity contribution in [2.45, 2.75) is 96.5 Å². The molecule has 0 amide bonds. The molecule has 0 saturated carbocycles. The van der Waals surface area contributed by atoms with Gasteiger partial charge in [-0.15, -0.1) is 0 Å². The van der Waals surface area contributed by atoms with Crippen LogP contribution < -0.4 is 0 Å². The predicted octanol–water partition coefficient (Wildman–Crippen LogP) is 4.63. The molecule has 0 spiro atoms. The number of phosphoric acid groups is 1. The van der Waals surface area contributed by atoms with E-state index in [0.717, 1.165) is 51.4 Å². The van der Waals surface area contributed by atoms with Crippen LogP contribution in [0.1, 0.15) is 90.4 Å². The van der Waals surface area contributed by atoms with E-state index in [9.17, 15) is 14.5 Å². The van der Waals surface area contributed by atoms with E-state index in [4.69, 9.17) is 9.79 Å². The van der Waals surface area contributed by atoms with Crippen LogP contribution in [0.3, 0.4) is 0 Å². The molecule has 0 aromatic heterocycles. The molecule has 0 aromatic carbocycles. The van der Waals surface area contributed by atoms with E-state index in [-0.39, 0.29) is 54.3 Å². The minimum atomic E-state index is -4.69. The second kappa shape index (κ2) is 19.0. The third-order valence-corrected chi connectivity index (χ3v) is 4.38. The van der Waals surface area contributed by atoms with Crippen LogP contribution >= 0.6 is 7.82 Å². The van der Waals surface area contributed by atoms with Crippen molar-refractivity contribution in [2.75, 3.05) is 0 Å². The molecule has 0 aliphatic heterocycles. The topological polar surface area (TPSA) is 104 Å². The minimum Gasteiger partial charge on any atom is -0.393 e. The molecular weight excluding hydrogens is 483 g/mol. The SMILES string of the molecule is CCCCCC[C@@H](O)C/C=C\CCCCCCCC(=O)OP(=O)(O)O.[Ce]. The van der Waals surface area contributed by atoms with Crippen LogP contribution in [0, 0.1) is 41.7 Å². The largest absolute Gasteiger partial charge is 0.526 e. The molecule has 0 aliphatic carbocycles. The molecule has 0 heterocycles. The van der Waals surface area contributed by atoms with Gasteiger partial charge >= 0.3 is 13.8 Å². The average Bonchev–Trinajstić information content (AvgIpc) is 2.51. The molecule has 0 bridgehead atoms. The van der Waals surface area contributed by atoms with Gasteiger partial charge in [0.1, 0.15) is 0 Å². The summed E-state index contributed by atoms with van der Waals surface area (Å²) in [4.78, 5) is 28.0. The quantitative estimate of drug-likeness (QED) is 0.156. The Balaban J connectivity index is 0. The van der Waals surface area contributed by atoms with Crippen molar-refractivity contribution in [3.8, 4) is 0 Å². The maximum absolute atomic E-state index is 11.1. The zero-order valence-corrected chi connectivity index (χ0v) is 20.0. The first kappa shape index (κ1) is 28.9. The second-order valence-corrected chi connectivity index (χ2v) is 7.63. The van der Waals surface area contributed by atoms with Gasteiger partial charge in [0.15, 0.2) is 0 Å². The summed E-state index contributed by atoms with van der Waals surface area (Å²) < 4.78 is 14.4. The molecule has 0 aromatic rings. The molecule has 26 heavy (non-hydrogen) atoms. The molecule has 1 atom stereocenters. The molecule has 6 nitrogen and oxygen atoms in total. The smallest absolute Gasteiger partial charge is 0.393 e.